The summed E-state index contributed by atoms with van der Waals surface area (Å²) in [4.78, 5) is 35.4. The average Bonchev–Trinajstić information content (AvgIpc) is 2.80. The zero-order chi connectivity index (χ0) is 17.5. The Balaban J connectivity index is 1.99. The van der Waals surface area contributed by atoms with Gasteiger partial charge in [0.05, 0.1) is 16.0 Å². The van der Waals surface area contributed by atoms with Crippen LogP contribution in [0, 0.1) is 0 Å². The van der Waals surface area contributed by atoms with Gasteiger partial charge in [0, 0.05) is 12.6 Å². The molecule has 122 valence electrons. The summed E-state index contributed by atoms with van der Waals surface area (Å²) >= 11 is 0. The van der Waals surface area contributed by atoms with Gasteiger partial charge in [0.15, 0.2) is 0 Å². The first kappa shape index (κ1) is 15.9. The Hall–Kier alpha value is -3.00. The van der Waals surface area contributed by atoms with Gasteiger partial charge in [0.2, 0.25) is 5.91 Å². The molecule has 1 N–H and O–H groups in total. The lowest BCUT2D eigenvalue weighted by molar-refractivity contribution is -0.114. The molecular weight excluding hydrogens is 332 g/mol. The molecule has 24 heavy (non-hydrogen) atoms. The van der Waals surface area contributed by atoms with Gasteiger partial charge in [-0.1, -0.05) is 12.1 Å². The van der Waals surface area contributed by atoms with E-state index in [1.54, 1.807) is 12.1 Å². The summed E-state index contributed by atoms with van der Waals surface area (Å²) in [6.45, 7) is 1.32. The number of amides is 3. The predicted octanol–water partition coefficient (Wildman–Crippen LogP) is 1.63. The van der Waals surface area contributed by atoms with Crippen molar-refractivity contribution in [3.8, 4) is 0 Å². The van der Waals surface area contributed by atoms with E-state index >= 15 is 0 Å². The van der Waals surface area contributed by atoms with E-state index in [9.17, 15) is 22.8 Å². The topological polar surface area (TPSA) is 101 Å². The minimum atomic E-state index is -4.33. The number of carbonyl (C=O) groups is 3. The number of imide groups is 1. The number of nitrogens with zero attached hydrogens (tertiary/aromatic N) is 1. The second kappa shape index (κ2) is 5.57. The maximum atomic E-state index is 12.7. The van der Waals surface area contributed by atoms with E-state index in [4.69, 9.17) is 0 Å². The lowest BCUT2D eigenvalue weighted by atomic mass is 10.1. The zero-order valence-corrected chi connectivity index (χ0v) is 13.3. The number of benzene rings is 2. The highest BCUT2D eigenvalue weighted by Gasteiger charge is 2.43. The third-order valence-electron chi connectivity index (χ3n) is 3.47. The van der Waals surface area contributed by atoms with Crippen LogP contribution in [0.4, 0.5) is 5.69 Å². The minimum absolute atomic E-state index is 0.0564. The summed E-state index contributed by atoms with van der Waals surface area (Å²) in [7, 11) is -4.33. The van der Waals surface area contributed by atoms with Crippen molar-refractivity contribution in [2.75, 3.05) is 5.32 Å². The Morgan fingerprint density at radius 1 is 0.917 bits per heavy atom. The quantitative estimate of drug-likeness (QED) is 0.853. The Morgan fingerprint density at radius 2 is 1.42 bits per heavy atom. The van der Waals surface area contributed by atoms with Crippen molar-refractivity contribution < 1.29 is 22.8 Å². The fraction of sp³-hybridized carbons (Fsp3) is 0.0625. The molecule has 2 aromatic rings. The molecule has 3 amide bonds. The fourth-order valence-electron chi connectivity index (χ4n) is 2.40. The summed E-state index contributed by atoms with van der Waals surface area (Å²) in [6, 6.07) is 11.1. The van der Waals surface area contributed by atoms with Crippen LogP contribution in [0.3, 0.4) is 0 Å². The minimum Gasteiger partial charge on any atom is -0.326 e. The maximum absolute atomic E-state index is 12.7. The second-order valence-corrected chi connectivity index (χ2v) is 6.92. The highest BCUT2D eigenvalue weighted by Crippen LogP contribution is 2.29. The molecule has 0 unspecified atom stereocenters. The van der Waals surface area contributed by atoms with Crippen molar-refractivity contribution in [1.29, 1.82) is 0 Å². The molecule has 7 nitrogen and oxygen atoms in total. The molecule has 0 aromatic heterocycles. The van der Waals surface area contributed by atoms with Gasteiger partial charge < -0.3 is 5.32 Å². The Morgan fingerprint density at radius 3 is 1.88 bits per heavy atom. The smallest absolute Gasteiger partial charge is 0.275 e. The highest BCUT2D eigenvalue weighted by atomic mass is 32.2. The maximum Gasteiger partial charge on any atom is 0.275 e. The van der Waals surface area contributed by atoms with Gasteiger partial charge in [0.1, 0.15) is 0 Å². The largest absolute Gasteiger partial charge is 0.326 e. The van der Waals surface area contributed by atoms with Crippen molar-refractivity contribution in [3.05, 3.63) is 59.7 Å². The Kier molecular flexibility index (Phi) is 3.69. The van der Waals surface area contributed by atoms with Crippen LogP contribution in [0.25, 0.3) is 0 Å². The van der Waals surface area contributed by atoms with Crippen LogP contribution < -0.4 is 5.32 Å². The first-order chi connectivity index (χ1) is 11.3. The molecule has 0 saturated heterocycles. The van der Waals surface area contributed by atoms with Gasteiger partial charge >= 0.3 is 0 Å². The van der Waals surface area contributed by atoms with Crippen molar-refractivity contribution in [1.82, 2.24) is 4.31 Å². The summed E-state index contributed by atoms with van der Waals surface area (Å²) in [6.07, 6.45) is 0. The van der Waals surface area contributed by atoms with Crippen LogP contribution in [0.1, 0.15) is 27.6 Å². The predicted molar refractivity (Wildman–Crippen MR) is 84.9 cm³/mol. The zero-order valence-electron chi connectivity index (χ0n) is 12.5. The van der Waals surface area contributed by atoms with Crippen molar-refractivity contribution in [2.45, 2.75) is 11.8 Å². The third kappa shape index (κ3) is 2.46. The summed E-state index contributed by atoms with van der Waals surface area (Å²) in [5, 5.41) is 2.50. The van der Waals surface area contributed by atoms with Crippen LogP contribution >= 0.6 is 0 Å². The first-order valence-corrected chi connectivity index (χ1v) is 8.37. The number of fused-ring (bicyclic) bond motifs is 1. The van der Waals surface area contributed by atoms with Crippen LogP contribution in [0.2, 0.25) is 0 Å². The number of hydrogen-bond donors (Lipinski definition) is 1. The number of anilines is 1. The van der Waals surface area contributed by atoms with Crippen molar-refractivity contribution in [3.63, 3.8) is 0 Å². The summed E-state index contributed by atoms with van der Waals surface area (Å²) < 4.78 is 25.6. The fourth-order valence-corrected chi connectivity index (χ4v) is 3.73. The molecule has 0 radical (unpaired) electrons. The third-order valence-corrected chi connectivity index (χ3v) is 5.15. The molecule has 0 fully saturated rings. The molecule has 0 atom stereocenters. The molecular formula is C16H12N2O5S. The molecule has 1 aliphatic heterocycles. The Bertz CT molecular complexity index is 929. The van der Waals surface area contributed by atoms with E-state index in [2.05, 4.69) is 5.32 Å². The van der Waals surface area contributed by atoms with Gasteiger partial charge in [-0.15, -0.1) is 0 Å². The molecule has 0 spiro atoms. The standard InChI is InChI=1S/C16H12N2O5S/c1-10(19)17-11-6-8-12(9-7-11)24(22,23)18-15(20)13-4-2-3-5-14(13)16(18)21/h2-9H,1H3,(H,17,19). The molecule has 0 bridgehead atoms. The van der Waals surface area contributed by atoms with Gasteiger partial charge in [-0.05, 0) is 36.4 Å². The monoisotopic (exact) mass is 344 g/mol. The second-order valence-electron chi connectivity index (χ2n) is 5.13. The van der Waals surface area contributed by atoms with E-state index in [1.165, 1.54) is 43.3 Å². The number of carbonyl (C=O) groups excluding carboxylic acids is 3. The summed E-state index contributed by atoms with van der Waals surface area (Å²) in [5.41, 5.74) is 0.519. The summed E-state index contributed by atoms with van der Waals surface area (Å²) in [5.74, 6) is -2.05. The molecule has 1 aliphatic rings. The first-order valence-electron chi connectivity index (χ1n) is 6.93. The van der Waals surface area contributed by atoms with Crippen molar-refractivity contribution in [2.24, 2.45) is 0 Å². The average molecular weight is 344 g/mol. The van der Waals surface area contributed by atoms with E-state index in [0.29, 0.717) is 5.69 Å². The number of hydrogen-bond acceptors (Lipinski definition) is 5. The van der Waals surface area contributed by atoms with E-state index < -0.39 is 21.8 Å². The van der Waals surface area contributed by atoms with Crippen LogP contribution in [-0.4, -0.2) is 30.4 Å². The van der Waals surface area contributed by atoms with Crippen LogP contribution in [-0.2, 0) is 14.8 Å². The van der Waals surface area contributed by atoms with E-state index in [-0.39, 0.29) is 26.2 Å². The van der Waals surface area contributed by atoms with Gasteiger partial charge in [-0.25, -0.2) is 8.42 Å². The van der Waals surface area contributed by atoms with E-state index in [1.807, 2.05) is 0 Å². The number of sulfonamides is 1. The van der Waals surface area contributed by atoms with Crippen LogP contribution in [0.5, 0.6) is 0 Å². The molecule has 1 heterocycles. The van der Waals surface area contributed by atoms with Gasteiger partial charge in [-0.3, -0.25) is 14.4 Å². The van der Waals surface area contributed by atoms with Crippen molar-refractivity contribution >= 4 is 33.4 Å². The molecule has 2 aromatic carbocycles. The number of nitrogens with one attached hydrogen (secondary N) is 1. The number of rotatable bonds is 3. The van der Waals surface area contributed by atoms with E-state index in [0.717, 1.165) is 0 Å². The van der Waals surface area contributed by atoms with Gasteiger partial charge in [-0.2, -0.15) is 4.31 Å². The molecule has 8 heteroatoms. The Labute approximate surface area is 137 Å². The molecule has 0 aliphatic carbocycles. The normalized spacial score (nSPS) is 13.8. The lowest BCUT2D eigenvalue weighted by Crippen LogP contribution is -2.36. The SMILES string of the molecule is CC(=O)Nc1ccc(S(=O)(=O)N2C(=O)c3ccccc3C2=O)cc1. The molecule has 0 saturated carbocycles. The molecule has 3 rings (SSSR count). The highest BCUT2D eigenvalue weighted by molar-refractivity contribution is 7.90. The lowest BCUT2D eigenvalue weighted by Gasteiger charge is -2.14. The van der Waals surface area contributed by atoms with Gasteiger partial charge in [0.25, 0.3) is 21.8 Å². The van der Waals surface area contributed by atoms with Crippen LogP contribution in [0.15, 0.2) is 53.4 Å².